The number of halogens is 1. The maximum absolute atomic E-state index is 10.6. The van der Waals surface area contributed by atoms with Gasteiger partial charge in [-0.05, 0) is 0 Å². The van der Waals surface area contributed by atoms with Gasteiger partial charge < -0.3 is 9.47 Å². The topological polar surface area (TPSA) is 52.6 Å². The highest BCUT2D eigenvalue weighted by molar-refractivity contribution is 6.18. The molecule has 0 aromatic rings. The standard InChI is InChI=1S/C7H9ClO4/c1-3-6(10)12-7(4-8)11-5(2)9/h3,7H,1,4H2,2H3. The van der Waals surface area contributed by atoms with Gasteiger partial charge in [-0.1, -0.05) is 6.58 Å². The molecule has 0 aliphatic heterocycles. The fourth-order valence-electron chi connectivity index (χ4n) is 0.450. The lowest BCUT2D eigenvalue weighted by molar-refractivity contribution is -0.178. The van der Waals surface area contributed by atoms with Gasteiger partial charge in [0.1, 0.15) is 0 Å². The van der Waals surface area contributed by atoms with Crippen LogP contribution in [0.2, 0.25) is 0 Å². The number of ether oxygens (including phenoxy) is 2. The Morgan fingerprint density at radius 3 is 2.50 bits per heavy atom. The van der Waals surface area contributed by atoms with E-state index in [1.54, 1.807) is 0 Å². The van der Waals surface area contributed by atoms with E-state index in [1.807, 2.05) is 0 Å². The SMILES string of the molecule is C=CC(=O)OC(CCl)OC(C)=O. The van der Waals surface area contributed by atoms with E-state index in [-0.39, 0.29) is 5.88 Å². The summed E-state index contributed by atoms with van der Waals surface area (Å²) in [7, 11) is 0. The number of carbonyl (C=O) groups excluding carboxylic acids is 2. The molecule has 0 aromatic carbocycles. The number of hydrogen-bond acceptors (Lipinski definition) is 4. The smallest absolute Gasteiger partial charge is 0.333 e. The van der Waals surface area contributed by atoms with Crippen molar-refractivity contribution in [3.63, 3.8) is 0 Å². The minimum Gasteiger partial charge on any atom is -0.424 e. The van der Waals surface area contributed by atoms with Crippen molar-refractivity contribution in [1.82, 2.24) is 0 Å². The van der Waals surface area contributed by atoms with Crippen LogP contribution in [-0.2, 0) is 19.1 Å². The molecule has 0 fully saturated rings. The van der Waals surface area contributed by atoms with Crippen LogP contribution < -0.4 is 0 Å². The van der Waals surface area contributed by atoms with E-state index in [0.29, 0.717) is 0 Å². The van der Waals surface area contributed by atoms with Crippen LogP contribution in [0.5, 0.6) is 0 Å². The monoisotopic (exact) mass is 192 g/mol. The molecule has 0 aliphatic carbocycles. The highest BCUT2D eigenvalue weighted by Gasteiger charge is 2.13. The van der Waals surface area contributed by atoms with Crippen LogP contribution in [-0.4, -0.2) is 24.1 Å². The maximum Gasteiger partial charge on any atom is 0.333 e. The molecule has 1 unspecified atom stereocenters. The predicted molar refractivity (Wildman–Crippen MR) is 42.6 cm³/mol. The molecular formula is C7H9ClO4. The molecule has 0 N–H and O–H groups in total. The molecule has 12 heavy (non-hydrogen) atoms. The zero-order valence-electron chi connectivity index (χ0n) is 6.58. The molecule has 0 aromatic heterocycles. The van der Waals surface area contributed by atoms with Crippen LogP contribution in [0.1, 0.15) is 6.92 Å². The maximum atomic E-state index is 10.6. The third-order valence-electron chi connectivity index (χ3n) is 0.838. The van der Waals surface area contributed by atoms with Gasteiger partial charge in [0.05, 0.1) is 5.88 Å². The normalized spacial score (nSPS) is 11.5. The molecule has 4 nitrogen and oxygen atoms in total. The lowest BCUT2D eigenvalue weighted by atomic mass is 10.6. The summed E-state index contributed by atoms with van der Waals surface area (Å²) in [4.78, 5) is 21.0. The highest BCUT2D eigenvalue weighted by Crippen LogP contribution is 1.99. The van der Waals surface area contributed by atoms with E-state index < -0.39 is 18.2 Å². The molecule has 0 bridgehead atoms. The van der Waals surface area contributed by atoms with Gasteiger partial charge in [-0.25, -0.2) is 4.79 Å². The zero-order chi connectivity index (χ0) is 9.56. The third-order valence-corrected chi connectivity index (χ3v) is 1.09. The Morgan fingerprint density at radius 1 is 1.58 bits per heavy atom. The van der Waals surface area contributed by atoms with Crippen molar-refractivity contribution < 1.29 is 19.1 Å². The van der Waals surface area contributed by atoms with Crippen molar-refractivity contribution >= 4 is 23.5 Å². The van der Waals surface area contributed by atoms with E-state index in [0.717, 1.165) is 6.08 Å². The van der Waals surface area contributed by atoms with Crippen LogP contribution in [0.3, 0.4) is 0 Å². The molecule has 0 heterocycles. The Balaban J connectivity index is 3.90. The fraction of sp³-hybridized carbons (Fsp3) is 0.429. The minimum atomic E-state index is -1.03. The molecule has 0 spiro atoms. The van der Waals surface area contributed by atoms with Crippen LogP contribution in [0.25, 0.3) is 0 Å². The Labute approximate surface area is 75.1 Å². The molecule has 0 amide bonds. The van der Waals surface area contributed by atoms with Gasteiger partial charge in [-0.3, -0.25) is 4.79 Å². The lowest BCUT2D eigenvalue weighted by Crippen LogP contribution is -2.24. The third kappa shape index (κ3) is 4.73. The Bertz CT molecular complexity index is 190. The number of alkyl halides is 1. The number of hydrogen-bond donors (Lipinski definition) is 0. The summed E-state index contributed by atoms with van der Waals surface area (Å²) in [5.74, 6) is -1.33. The van der Waals surface area contributed by atoms with Crippen LogP contribution in [0, 0.1) is 0 Å². The van der Waals surface area contributed by atoms with Crippen molar-refractivity contribution in [1.29, 1.82) is 0 Å². The summed E-state index contributed by atoms with van der Waals surface area (Å²) < 4.78 is 9.04. The van der Waals surface area contributed by atoms with Gasteiger partial charge in [-0.15, -0.1) is 11.6 Å². The molecular weight excluding hydrogens is 184 g/mol. The quantitative estimate of drug-likeness (QED) is 0.287. The molecule has 0 saturated heterocycles. The Hall–Kier alpha value is -1.03. The number of rotatable bonds is 4. The van der Waals surface area contributed by atoms with Gasteiger partial charge in [0, 0.05) is 13.0 Å². The summed E-state index contributed by atoms with van der Waals surface area (Å²) in [6.45, 7) is 4.36. The van der Waals surface area contributed by atoms with E-state index in [2.05, 4.69) is 16.1 Å². The van der Waals surface area contributed by atoms with Crippen molar-refractivity contribution in [2.45, 2.75) is 13.2 Å². The summed E-state index contributed by atoms with van der Waals surface area (Å²) in [6, 6.07) is 0. The molecule has 5 heteroatoms. The average Bonchev–Trinajstić information content (AvgIpc) is 2.02. The van der Waals surface area contributed by atoms with Gasteiger partial charge in [-0.2, -0.15) is 0 Å². The summed E-state index contributed by atoms with van der Waals surface area (Å²) in [5.41, 5.74) is 0. The largest absolute Gasteiger partial charge is 0.424 e. The van der Waals surface area contributed by atoms with Gasteiger partial charge in [0.25, 0.3) is 6.29 Å². The van der Waals surface area contributed by atoms with Crippen LogP contribution >= 0.6 is 11.6 Å². The van der Waals surface area contributed by atoms with Crippen molar-refractivity contribution in [3.05, 3.63) is 12.7 Å². The zero-order valence-corrected chi connectivity index (χ0v) is 7.34. The summed E-state index contributed by atoms with van der Waals surface area (Å²) in [5, 5.41) is 0. The first-order valence-electron chi connectivity index (χ1n) is 3.16. The lowest BCUT2D eigenvalue weighted by Gasteiger charge is -2.12. The second-order valence-electron chi connectivity index (χ2n) is 1.83. The van der Waals surface area contributed by atoms with Crippen LogP contribution in [0.15, 0.2) is 12.7 Å². The van der Waals surface area contributed by atoms with Gasteiger partial charge >= 0.3 is 11.9 Å². The number of esters is 2. The van der Waals surface area contributed by atoms with Gasteiger partial charge in [0.2, 0.25) is 0 Å². The Morgan fingerprint density at radius 2 is 2.17 bits per heavy atom. The molecule has 0 radical (unpaired) electrons. The van der Waals surface area contributed by atoms with Crippen LogP contribution in [0.4, 0.5) is 0 Å². The van der Waals surface area contributed by atoms with E-state index in [4.69, 9.17) is 11.6 Å². The molecule has 68 valence electrons. The van der Waals surface area contributed by atoms with Crippen molar-refractivity contribution in [2.75, 3.05) is 5.88 Å². The van der Waals surface area contributed by atoms with Crippen molar-refractivity contribution in [3.8, 4) is 0 Å². The molecule has 0 aliphatic rings. The fourth-order valence-corrected chi connectivity index (χ4v) is 0.576. The average molecular weight is 193 g/mol. The second-order valence-corrected chi connectivity index (χ2v) is 2.14. The first-order valence-corrected chi connectivity index (χ1v) is 3.69. The first kappa shape index (κ1) is 11.0. The van der Waals surface area contributed by atoms with E-state index >= 15 is 0 Å². The highest BCUT2D eigenvalue weighted by atomic mass is 35.5. The summed E-state index contributed by atoms with van der Waals surface area (Å²) in [6.07, 6.45) is -0.0714. The minimum absolute atomic E-state index is 0.0981. The van der Waals surface area contributed by atoms with E-state index in [9.17, 15) is 9.59 Å². The molecule has 0 rings (SSSR count). The molecule has 0 saturated carbocycles. The van der Waals surface area contributed by atoms with Gasteiger partial charge in [0.15, 0.2) is 0 Å². The first-order chi connectivity index (χ1) is 5.60. The predicted octanol–water partition coefficient (Wildman–Crippen LogP) is 0.844. The van der Waals surface area contributed by atoms with Crippen molar-refractivity contribution in [2.24, 2.45) is 0 Å². The Kier molecular flexibility index (Phi) is 5.12. The van der Waals surface area contributed by atoms with E-state index in [1.165, 1.54) is 6.92 Å². The second kappa shape index (κ2) is 5.60. The molecule has 1 atom stereocenters. The summed E-state index contributed by atoms with van der Waals surface area (Å²) >= 11 is 5.32. The number of carbonyl (C=O) groups is 2.